The number of amidine groups is 1. The number of hydrogen-bond donors (Lipinski definition) is 1. The number of hydrogen-bond acceptors (Lipinski definition) is 3. The largest absolute Gasteiger partial charge is 0.377 e. The van der Waals surface area contributed by atoms with Crippen molar-refractivity contribution < 1.29 is 8.78 Å². The van der Waals surface area contributed by atoms with Gasteiger partial charge in [-0.25, -0.2) is 8.78 Å². The fourth-order valence-electron chi connectivity index (χ4n) is 1.56. The van der Waals surface area contributed by atoms with Crippen molar-refractivity contribution in [3.05, 3.63) is 70.2 Å². The molecule has 0 radical (unpaired) electrons. The first-order chi connectivity index (χ1) is 10.6. The van der Waals surface area contributed by atoms with E-state index < -0.39 is 11.6 Å². The molecule has 0 fully saturated rings. The van der Waals surface area contributed by atoms with Crippen LogP contribution in [-0.4, -0.2) is 11.4 Å². The molecule has 114 valence electrons. The summed E-state index contributed by atoms with van der Waals surface area (Å²) in [6.45, 7) is 0. The third-order valence-electron chi connectivity index (χ3n) is 2.65. The third kappa shape index (κ3) is 4.54. The van der Waals surface area contributed by atoms with Gasteiger partial charge in [0, 0.05) is 5.75 Å². The molecule has 2 N–H and O–H groups in total. The molecular formula is C15H12ClF2N3S. The van der Waals surface area contributed by atoms with E-state index in [-0.39, 0.29) is 15.8 Å². The molecule has 0 heterocycles. The van der Waals surface area contributed by atoms with Crippen LogP contribution in [-0.2, 0) is 5.75 Å². The zero-order valence-electron chi connectivity index (χ0n) is 11.3. The fraction of sp³-hybridized carbons (Fsp3) is 0.0667. The maximum atomic E-state index is 13.5. The van der Waals surface area contributed by atoms with Crippen LogP contribution in [0.25, 0.3) is 0 Å². The Balaban J connectivity index is 2.00. The Morgan fingerprint density at radius 1 is 1.18 bits per heavy atom. The maximum absolute atomic E-state index is 13.5. The van der Waals surface area contributed by atoms with Crippen molar-refractivity contribution in [1.82, 2.24) is 0 Å². The molecule has 22 heavy (non-hydrogen) atoms. The SMILES string of the molecule is NC(=NN=Cc1c(Cl)ccc(F)c1F)SCc1ccccc1. The molecule has 2 aromatic rings. The van der Waals surface area contributed by atoms with Gasteiger partial charge in [0.05, 0.1) is 16.8 Å². The van der Waals surface area contributed by atoms with E-state index in [4.69, 9.17) is 17.3 Å². The van der Waals surface area contributed by atoms with Crippen LogP contribution in [0.4, 0.5) is 8.78 Å². The molecule has 0 aromatic heterocycles. The number of nitrogens with two attached hydrogens (primary N) is 1. The van der Waals surface area contributed by atoms with Gasteiger partial charge in [-0.05, 0) is 17.7 Å². The number of halogens is 3. The van der Waals surface area contributed by atoms with Gasteiger partial charge in [-0.15, -0.1) is 5.10 Å². The van der Waals surface area contributed by atoms with Gasteiger partial charge in [0.15, 0.2) is 16.8 Å². The monoisotopic (exact) mass is 339 g/mol. The van der Waals surface area contributed by atoms with Crippen LogP contribution >= 0.6 is 23.4 Å². The third-order valence-corrected chi connectivity index (χ3v) is 3.84. The second-order valence-electron chi connectivity index (χ2n) is 4.21. The van der Waals surface area contributed by atoms with E-state index in [1.54, 1.807) is 0 Å². The Labute approximate surface area is 135 Å². The van der Waals surface area contributed by atoms with Gasteiger partial charge in [-0.2, -0.15) is 5.10 Å². The van der Waals surface area contributed by atoms with Crippen molar-refractivity contribution in [3.63, 3.8) is 0 Å². The molecule has 7 heteroatoms. The lowest BCUT2D eigenvalue weighted by Crippen LogP contribution is -2.06. The van der Waals surface area contributed by atoms with E-state index in [0.29, 0.717) is 5.75 Å². The topological polar surface area (TPSA) is 50.7 Å². The van der Waals surface area contributed by atoms with Gasteiger partial charge in [0.1, 0.15) is 0 Å². The summed E-state index contributed by atoms with van der Waals surface area (Å²) < 4.78 is 26.6. The second-order valence-corrected chi connectivity index (χ2v) is 5.62. The number of thioether (sulfide) groups is 1. The Morgan fingerprint density at radius 3 is 2.64 bits per heavy atom. The lowest BCUT2D eigenvalue weighted by Gasteiger charge is -2.00. The predicted molar refractivity (Wildman–Crippen MR) is 88.3 cm³/mol. The van der Waals surface area contributed by atoms with Crippen molar-refractivity contribution >= 4 is 34.7 Å². The Kier molecular flexibility index (Phi) is 5.91. The normalized spacial score (nSPS) is 12.0. The minimum atomic E-state index is -1.07. The predicted octanol–water partition coefficient (Wildman–Crippen LogP) is 4.20. The first-order valence-electron chi connectivity index (χ1n) is 6.24. The summed E-state index contributed by atoms with van der Waals surface area (Å²) in [4.78, 5) is 0. The van der Waals surface area contributed by atoms with Crippen molar-refractivity contribution in [3.8, 4) is 0 Å². The highest BCUT2D eigenvalue weighted by Crippen LogP contribution is 2.19. The van der Waals surface area contributed by atoms with Crippen molar-refractivity contribution in [1.29, 1.82) is 0 Å². The summed E-state index contributed by atoms with van der Waals surface area (Å²) in [6, 6.07) is 11.9. The van der Waals surface area contributed by atoms with E-state index in [1.807, 2.05) is 30.3 Å². The van der Waals surface area contributed by atoms with E-state index in [0.717, 1.165) is 17.8 Å². The van der Waals surface area contributed by atoms with Crippen molar-refractivity contribution in [2.45, 2.75) is 5.75 Å². The average molecular weight is 340 g/mol. The molecule has 0 saturated carbocycles. The zero-order valence-corrected chi connectivity index (χ0v) is 12.9. The van der Waals surface area contributed by atoms with E-state index in [2.05, 4.69) is 10.2 Å². The van der Waals surface area contributed by atoms with Crippen LogP contribution in [0.1, 0.15) is 11.1 Å². The fourth-order valence-corrected chi connectivity index (χ4v) is 2.37. The lowest BCUT2D eigenvalue weighted by atomic mass is 10.2. The standard InChI is InChI=1S/C15H12ClF2N3S/c16-12-6-7-13(17)14(18)11(12)8-20-21-15(19)22-9-10-4-2-1-3-5-10/h1-8H,9H2,(H2,19,21). The summed E-state index contributed by atoms with van der Waals surface area (Å²) in [5.41, 5.74) is 6.62. The zero-order chi connectivity index (χ0) is 15.9. The number of nitrogens with zero attached hydrogens (tertiary/aromatic N) is 2. The van der Waals surface area contributed by atoms with Crippen LogP contribution in [0.3, 0.4) is 0 Å². The highest BCUT2D eigenvalue weighted by molar-refractivity contribution is 8.13. The molecular weight excluding hydrogens is 328 g/mol. The minimum absolute atomic E-state index is 0.0494. The van der Waals surface area contributed by atoms with Crippen molar-refractivity contribution in [2.24, 2.45) is 15.9 Å². The summed E-state index contributed by atoms with van der Waals surface area (Å²) in [5, 5.41) is 7.63. The Morgan fingerprint density at radius 2 is 1.91 bits per heavy atom. The smallest absolute Gasteiger partial charge is 0.180 e. The molecule has 0 aliphatic rings. The Hall–Kier alpha value is -1.92. The molecule has 0 bridgehead atoms. The molecule has 3 nitrogen and oxygen atoms in total. The molecule has 0 spiro atoms. The van der Waals surface area contributed by atoms with Crippen LogP contribution in [0, 0.1) is 11.6 Å². The van der Waals surface area contributed by atoms with Crippen LogP contribution in [0.2, 0.25) is 5.02 Å². The van der Waals surface area contributed by atoms with Crippen LogP contribution < -0.4 is 5.73 Å². The molecule has 2 aromatic carbocycles. The summed E-state index contributed by atoms with van der Waals surface area (Å²) in [7, 11) is 0. The second kappa shape index (κ2) is 7.91. The van der Waals surface area contributed by atoms with E-state index >= 15 is 0 Å². The molecule has 0 saturated heterocycles. The average Bonchev–Trinajstić information content (AvgIpc) is 2.53. The van der Waals surface area contributed by atoms with Crippen LogP contribution in [0.15, 0.2) is 52.7 Å². The highest BCUT2D eigenvalue weighted by atomic mass is 35.5. The van der Waals surface area contributed by atoms with E-state index in [1.165, 1.54) is 17.8 Å². The molecule has 0 unspecified atom stereocenters. The van der Waals surface area contributed by atoms with Gasteiger partial charge in [0.2, 0.25) is 0 Å². The van der Waals surface area contributed by atoms with Crippen LogP contribution in [0.5, 0.6) is 0 Å². The van der Waals surface area contributed by atoms with Crippen molar-refractivity contribution in [2.75, 3.05) is 0 Å². The first kappa shape index (κ1) is 16.5. The number of benzene rings is 2. The molecule has 0 atom stereocenters. The number of rotatable bonds is 4. The lowest BCUT2D eigenvalue weighted by molar-refractivity contribution is 0.507. The highest BCUT2D eigenvalue weighted by Gasteiger charge is 2.10. The summed E-state index contributed by atoms with van der Waals surface area (Å²) in [6.07, 6.45) is 1.04. The summed E-state index contributed by atoms with van der Waals surface area (Å²) >= 11 is 7.06. The first-order valence-corrected chi connectivity index (χ1v) is 7.61. The van der Waals surface area contributed by atoms with Gasteiger partial charge >= 0.3 is 0 Å². The molecule has 0 aliphatic heterocycles. The minimum Gasteiger partial charge on any atom is -0.377 e. The van der Waals surface area contributed by atoms with E-state index in [9.17, 15) is 8.78 Å². The Bertz CT molecular complexity index is 705. The summed E-state index contributed by atoms with van der Waals surface area (Å²) in [5.74, 6) is -1.43. The molecule has 2 rings (SSSR count). The quantitative estimate of drug-likeness (QED) is 0.393. The van der Waals surface area contributed by atoms with Gasteiger partial charge < -0.3 is 5.73 Å². The molecule has 0 aliphatic carbocycles. The maximum Gasteiger partial charge on any atom is 0.180 e. The van der Waals surface area contributed by atoms with Gasteiger partial charge in [-0.1, -0.05) is 53.7 Å². The molecule has 0 amide bonds. The van der Waals surface area contributed by atoms with Gasteiger partial charge in [0.25, 0.3) is 0 Å². The van der Waals surface area contributed by atoms with Gasteiger partial charge in [-0.3, -0.25) is 0 Å².